The Hall–Kier alpha value is 0.170. The molecule has 3 nitrogen and oxygen atoms in total. The zero-order valence-corrected chi connectivity index (χ0v) is 6.77. The van der Waals surface area contributed by atoms with Crippen molar-refractivity contribution in [1.29, 1.82) is 0 Å². The van der Waals surface area contributed by atoms with Gasteiger partial charge in [-0.1, -0.05) is 0 Å². The topological polar surface area (TPSA) is 47.3 Å². The van der Waals surface area contributed by atoms with Crippen LogP contribution in [0.5, 0.6) is 0 Å². The van der Waals surface area contributed by atoms with Crippen LogP contribution in [0.25, 0.3) is 0 Å². The Bertz CT molecular complexity index is 112. The summed E-state index contributed by atoms with van der Waals surface area (Å²) in [7, 11) is 1.67. The molecule has 1 aliphatic heterocycles. The molecule has 0 aromatic carbocycles. The fourth-order valence-electron chi connectivity index (χ4n) is 1.13. The van der Waals surface area contributed by atoms with Gasteiger partial charge in [0.05, 0.1) is 11.6 Å². The second-order valence-electron chi connectivity index (χ2n) is 2.55. The lowest BCUT2D eigenvalue weighted by Crippen LogP contribution is -2.52. The van der Waals surface area contributed by atoms with Crippen molar-refractivity contribution < 1.29 is 4.74 Å². The molecule has 3 atom stereocenters. The van der Waals surface area contributed by atoms with Crippen molar-refractivity contribution in [2.24, 2.45) is 5.73 Å². The van der Waals surface area contributed by atoms with Gasteiger partial charge in [0.1, 0.15) is 0 Å². The van der Waals surface area contributed by atoms with Crippen molar-refractivity contribution in [2.45, 2.75) is 24.1 Å². The summed E-state index contributed by atoms with van der Waals surface area (Å²) >= 11 is 5.81. The molecule has 1 aliphatic rings. The Morgan fingerprint density at radius 2 is 2.40 bits per heavy atom. The van der Waals surface area contributed by atoms with Gasteiger partial charge >= 0.3 is 0 Å². The molecule has 4 heteroatoms. The Balaban J connectivity index is 2.38. The summed E-state index contributed by atoms with van der Waals surface area (Å²) in [6.07, 6.45) is 0.905. The second kappa shape index (κ2) is 3.53. The maximum Gasteiger partial charge on any atom is 0.0851 e. The van der Waals surface area contributed by atoms with E-state index in [4.69, 9.17) is 22.1 Å². The molecule has 1 fully saturated rings. The summed E-state index contributed by atoms with van der Waals surface area (Å²) in [5, 5.41) is 3.06. The van der Waals surface area contributed by atoms with E-state index in [1.165, 1.54) is 0 Å². The largest absolute Gasteiger partial charge is 0.380 e. The van der Waals surface area contributed by atoms with E-state index < -0.39 is 0 Å². The highest BCUT2D eigenvalue weighted by atomic mass is 35.5. The van der Waals surface area contributed by atoms with Crippen LogP contribution in [0.2, 0.25) is 0 Å². The van der Waals surface area contributed by atoms with E-state index in [-0.39, 0.29) is 17.6 Å². The number of nitrogens with one attached hydrogen (secondary N) is 1. The second-order valence-corrected chi connectivity index (χ2v) is 3.08. The molecule has 1 unspecified atom stereocenters. The summed E-state index contributed by atoms with van der Waals surface area (Å²) < 4.78 is 5.12. The van der Waals surface area contributed by atoms with Gasteiger partial charge in [-0.15, -0.1) is 11.6 Å². The van der Waals surface area contributed by atoms with Gasteiger partial charge in [-0.25, -0.2) is 0 Å². The molecule has 0 saturated carbocycles. The smallest absolute Gasteiger partial charge is 0.0851 e. The van der Waals surface area contributed by atoms with Crippen LogP contribution in [0.3, 0.4) is 0 Å². The standard InChI is InChI=1S/C6H13ClN2O/c1-10-5-2-6(7)9-3-4(5)8/h4-6,9H,2-3,8H2,1H3/t4?,5-,6-/m1/s1. The van der Waals surface area contributed by atoms with Crippen LogP contribution < -0.4 is 11.1 Å². The third-order valence-corrected chi connectivity index (χ3v) is 2.13. The number of nitrogens with two attached hydrogens (primary N) is 1. The number of piperidine rings is 1. The number of rotatable bonds is 1. The first-order valence-corrected chi connectivity index (χ1v) is 3.83. The van der Waals surface area contributed by atoms with Crippen LogP contribution >= 0.6 is 11.6 Å². The van der Waals surface area contributed by atoms with Crippen LogP contribution in [0.4, 0.5) is 0 Å². The average molecular weight is 165 g/mol. The quantitative estimate of drug-likeness (QED) is 0.420. The molecule has 0 aromatic heterocycles. The summed E-state index contributed by atoms with van der Waals surface area (Å²) in [4.78, 5) is 0. The molecule has 1 saturated heterocycles. The molecular weight excluding hydrogens is 152 g/mol. The third-order valence-electron chi connectivity index (χ3n) is 1.79. The molecule has 3 N–H and O–H groups in total. The summed E-state index contributed by atoms with van der Waals surface area (Å²) in [5.41, 5.74) is 5.72. The zero-order chi connectivity index (χ0) is 7.56. The van der Waals surface area contributed by atoms with Crippen molar-refractivity contribution in [3.63, 3.8) is 0 Å². The highest BCUT2D eigenvalue weighted by Gasteiger charge is 2.25. The zero-order valence-electron chi connectivity index (χ0n) is 6.01. The first-order chi connectivity index (χ1) is 4.74. The Morgan fingerprint density at radius 3 is 2.90 bits per heavy atom. The lowest BCUT2D eigenvalue weighted by atomic mass is 10.1. The van der Waals surface area contributed by atoms with E-state index in [0.717, 1.165) is 13.0 Å². The van der Waals surface area contributed by atoms with Gasteiger partial charge in [0, 0.05) is 26.1 Å². The molecule has 1 rings (SSSR count). The lowest BCUT2D eigenvalue weighted by molar-refractivity contribution is 0.0561. The highest BCUT2D eigenvalue weighted by Crippen LogP contribution is 2.12. The first-order valence-electron chi connectivity index (χ1n) is 3.40. The first kappa shape index (κ1) is 8.27. The fourth-order valence-corrected chi connectivity index (χ4v) is 1.39. The molecule has 0 spiro atoms. The van der Waals surface area contributed by atoms with Crippen LogP contribution in [0, 0.1) is 0 Å². The van der Waals surface area contributed by atoms with E-state index >= 15 is 0 Å². The van der Waals surface area contributed by atoms with Gasteiger partial charge in [-0.2, -0.15) is 0 Å². The van der Waals surface area contributed by atoms with Crippen molar-refractivity contribution in [3.05, 3.63) is 0 Å². The number of ether oxygens (including phenoxy) is 1. The van der Waals surface area contributed by atoms with Gasteiger partial charge in [-0.3, -0.25) is 5.32 Å². The van der Waals surface area contributed by atoms with Gasteiger partial charge in [-0.05, 0) is 0 Å². The maximum absolute atomic E-state index is 5.81. The normalized spacial score (nSPS) is 41.7. The van der Waals surface area contributed by atoms with Crippen molar-refractivity contribution >= 4 is 11.6 Å². The number of halogens is 1. The Morgan fingerprint density at radius 1 is 1.70 bits per heavy atom. The van der Waals surface area contributed by atoms with Crippen LogP contribution in [-0.4, -0.2) is 31.3 Å². The predicted molar refractivity (Wildman–Crippen MR) is 41.0 cm³/mol. The van der Waals surface area contributed by atoms with E-state index in [2.05, 4.69) is 5.32 Å². The number of hydrogen-bond acceptors (Lipinski definition) is 3. The van der Waals surface area contributed by atoms with Crippen LogP contribution in [0.15, 0.2) is 0 Å². The summed E-state index contributed by atoms with van der Waals surface area (Å²) in [6.45, 7) is 0.743. The van der Waals surface area contributed by atoms with E-state index in [1.807, 2.05) is 0 Å². The summed E-state index contributed by atoms with van der Waals surface area (Å²) in [6, 6.07) is 0.0833. The molecule has 0 bridgehead atoms. The van der Waals surface area contributed by atoms with E-state index in [9.17, 15) is 0 Å². The monoisotopic (exact) mass is 164 g/mol. The van der Waals surface area contributed by atoms with Crippen LogP contribution in [-0.2, 0) is 4.74 Å². The van der Waals surface area contributed by atoms with E-state index in [1.54, 1.807) is 7.11 Å². The Kier molecular flexibility index (Phi) is 2.92. The Labute approximate surface area is 65.9 Å². The molecular formula is C6H13ClN2O. The maximum atomic E-state index is 5.81. The van der Waals surface area contributed by atoms with E-state index in [0.29, 0.717) is 0 Å². The summed E-state index contributed by atoms with van der Waals surface area (Å²) in [5.74, 6) is 0. The third kappa shape index (κ3) is 1.83. The molecule has 60 valence electrons. The van der Waals surface area contributed by atoms with Gasteiger partial charge in [0.25, 0.3) is 0 Å². The number of methoxy groups -OCH3 is 1. The number of hydrogen-bond donors (Lipinski definition) is 2. The molecule has 0 radical (unpaired) electrons. The lowest BCUT2D eigenvalue weighted by Gasteiger charge is -2.30. The van der Waals surface area contributed by atoms with Crippen LogP contribution in [0.1, 0.15) is 6.42 Å². The van der Waals surface area contributed by atoms with Gasteiger partial charge in [0.2, 0.25) is 0 Å². The van der Waals surface area contributed by atoms with Crippen molar-refractivity contribution in [2.75, 3.05) is 13.7 Å². The predicted octanol–water partition coefficient (Wildman–Crippen LogP) is -0.113. The minimum absolute atomic E-state index is 0.0183. The molecule has 1 heterocycles. The van der Waals surface area contributed by atoms with Gasteiger partial charge < -0.3 is 10.5 Å². The minimum atomic E-state index is 0.0183. The number of alkyl halides is 1. The van der Waals surface area contributed by atoms with Gasteiger partial charge in [0.15, 0.2) is 0 Å². The van der Waals surface area contributed by atoms with Crippen molar-refractivity contribution in [1.82, 2.24) is 5.32 Å². The highest BCUT2D eigenvalue weighted by molar-refractivity contribution is 6.20. The molecule has 0 aromatic rings. The van der Waals surface area contributed by atoms with Crippen molar-refractivity contribution in [3.8, 4) is 0 Å². The minimum Gasteiger partial charge on any atom is -0.380 e. The molecule has 0 aliphatic carbocycles. The molecule has 10 heavy (non-hydrogen) atoms. The fraction of sp³-hybridized carbons (Fsp3) is 1.00. The molecule has 0 amide bonds. The SMILES string of the molecule is CO[C@@H]1C[C@H](Cl)NCC1N. The average Bonchev–Trinajstić information content (AvgIpc) is 1.94.